The molecule has 0 aliphatic rings. The standard InChI is InChI=1S/C16H16N4O2/c1-22-15-5-3-2-4-13(15)19-16(21)10-20-14-8-12(17)7-6-11(14)9-18-20/h2-9H,10,17H2,1H3,(H,19,21). The maximum atomic E-state index is 12.2. The number of hydrogen-bond donors (Lipinski definition) is 2. The molecule has 0 atom stereocenters. The van der Waals surface area contributed by atoms with Crippen molar-refractivity contribution in [1.82, 2.24) is 9.78 Å². The largest absolute Gasteiger partial charge is 0.495 e. The number of para-hydroxylation sites is 2. The van der Waals surface area contributed by atoms with Crippen molar-refractivity contribution in [2.45, 2.75) is 6.54 Å². The van der Waals surface area contributed by atoms with E-state index in [2.05, 4.69) is 10.4 Å². The molecule has 0 saturated carbocycles. The fraction of sp³-hybridized carbons (Fsp3) is 0.125. The quantitative estimate of drug-likeness (QED) is 0.724. The van der Waals surface area contributed by atoms with Crippen LogP contribution in [-0.4, -0.2) is 22.8 Å². The number of fused-ring (bicyclic) bond motifs is 1. The molecule has 0 unspecified atom stereocenters. The zero-order chi connectivity index (χ0) is 15.5. The van der Waals surface area contributed by atoms with Gasteiger partial charge in [-0.05, 0) is 30.3 Å². The molecule has 0 aliphatic heterocycles. The number of carbonyl (C=O) groups is 1. The van der Waals surface area contributed by atoms with Gasteiger partial charge in [0, 0.05) is 11.1 Å². The van der Waals surface area contributed by atoms with Crippen LogP contribution < -0.4 is 15.8 Å². The molecule has 0 saturated heterocycles. The fourth-order valence-corrected chi connectivity index (χ4v) is 2.29. The number of aromatic nitrogens is 2. The average Bonchev–Trinajstić information content (AvgIpc) is 2.90. The number of nitrogens with one attached hydrogen (secondary N) is 1. The van der Waals surface area contributed by atoms with E-state index in [1.54, 1.807) is 36.2 Å². The molecule has 6 heteroatoms. The molecule has 3 aromatic rings. The highest BCUT2D eigenvalue weighted by molar-refractivity contribution is 5.93. The van der Waals surface area contributed by atoms with E-state index in [1.807, 2.05) is 24.3 Å². The van der Waals surface area contributed by atoms with Crippen molar-refractivity contribution in [3.8, 4) is 5.75 Å². The van der Waals surface area contributed by atoms with Gasteiger partial charge < -0.3 is 15.8 Å². The Morgan fingerprint density at radius 2 is 2.14 bits per heavy atom. The number of amides is 1. The predicted molar refractivity (Wildman–Crippen MR) is 85.8 cm³/mol. The second-order valence-electron chi connectivity index (χ2n) is 4.87. The van der Waals surface area contributed by atoms with Gasteiger partial charge in [-0.15, -0.1) is 0 Å². The smallest absolute Gasteiger partial charge is 0.246 e. The molecule has 0 fully saturated rings. The molecule has 1 heterocycles. The van der Waals surface area contributed by atoms with E-state index in [-0.39, 0.29) is 12.5 Å². The summed E-state index contributed by atoms with van der Waals surface area (Å²) >= 11 is 0. The summed E-state index contributed by atoms with van der Waals surface area (Å²) in [6.07, 6.45) is 1.71. The van der Waals surface area contributed by atoms with Crippen LogP contribution in [-0.2, 0) is 11.3 Å². The van der Waals surface area contributed by atoms with Crippen molar-refractivity contribution < 1.29 is 9.53 Å². The van der Waals surface area contributed by atoms with Gasteiger partial charge in [0.25, 0.3) is 0 Å². The van der Waals surface area contributed by atoms with E-state index in [4.69, 9.17) is 10.5 Å². The third-order valence-electron chi connectivity index (χ3n) is 3.34. The van der Waals surface area contributed by atoms with Gasteiger partial charge in [-0.25, -0.2) is 0 Å². The van der Waals surface area contributed by atoms with E-state index in [0.717, 1.165) is 10.9 Å². The predicted octanol–water partition coefficient (Wildman–Crippen LogP) is 2.27. The van der Waals surface area contributed by atoms with Gasteiger partial charge in [-0.2, -0.15) is 5.10 Å². The van der Waals surface area contributed by atoms with Gasteiger partial charge in [-0.1, -0.05) is 12.1 Å². The highest BCUT2D eigenvalue weighted by Crippen LogP contribution is 2.23. The van der Waals surface area contributed by atoms with E-state index < -0.39 is 0 Å². The summed E-state index contributed by atoms with van der Waals surface area (Å²) in [5.41, 5.74) is 7.88. The van der Waals surface area contributed by atoms with Crippen LogP contribution in [0.1, 0.15) is 0 Å². The monoisotopic (exact) mass is 296 g/mol. The molecular formula is C16H16N4O2. The van der Waals surface area contributed by atoms with Crippen LogP contribution in [0.15, 0.2) is 48.7 Å². The maximum Gasteiger partial charge on any atom is 0.246 e. The number of anilines is 2. The number of nitrogens with two attached hydrogens (primary N) is 1. The molecule has 1 amide bonds. The first-order valence-electron chi connectivity index (χ1n) is 6.81. The van der Waals surface area contributed by atoms with E-state index in [9.17, 15) is 4.79 Å². The number of methoxy groups -OCH3 is 1. The fourth-order valence-electron chi connectivity index (χ4n) is 2.29. The number of carbonyl (C=O) groups excluding carboxylic acids is 1. The number of ether oxygens (including phenoxy) is 1. The Morgan fingerprint density at radius 1 is 1.32 bits per heavy atom. The minimum atomic E-state index is -0.183. The zero-order valence-electron chi connectivity index (χ0n) is 12.1. The number of nitrogen functional groups attached to an aromatic ring is 1. The van der Waals surface area contributed by atoms with Crippen LogP contribution in [0, 0.1) is 0 Å². The van der Waals surface area contributed by atoms with E-state index in [0.29, 0.717) is 17.1 Å². The summed E-state index contributed by atoms with van der Waals surface area (Å²) in [5.74, 6) is 0.433. The lowest BCUT2D eigenvalue weighted by Gasteiger charge is -2.10. The number of benzene rings is 2. The molecule has 3 rings (SSSR count). The molecule has 6 nitrogen and oxygen atoms in total. The van der Waals surface area contributed by atoms with Gasteiger partial charge in [-0.3, -0.25) is 9.48 Å². The summed E-state index contributed by atoms with van der Waals surface area (Å²) < 4.78 is 6.84. The summed E-state index contributed by atoms with van der Waals surface area (Å²) in [7, 11) is 1.56. The number of hydrogen-bond acceptors (Lipinski definition) is 4. The molecule has 2 aromatic carbocycles. The second kappa shape index (κ2) is 5.77. The van der Waals surface area contributed by atoms with Crippen LogP contribution in [0.2, 0.25) is 0 Å². The van der Waals surface area contributed by atoms with Crippen molar-refractivity contribution in [3.05, 3.63) is 48.7 Å². The Hall–Kier alpha value is -3.02. The molecule has 0 spiro atoms. The average molecular weight is 296 g/mol. The normalized spacial score (nSPS) is 10.6. The summed E-state index contributed by atoms with van der Waals surface area (Å²) in [6, 6.07) is 12.8. The van der Waals surface area contributed by atoms with Crippen LogP contribution in [0.3, 0.4) is 0 Å². The Labute approximate surface area is 127 Å². The summed E-state index contributed by atoms with van der Waals surface area (Å²) in [4.78, 5) is 12.2. The third kappa shape index (κ3) is 2.71. The van der Waals surface area contributed by atoms with Crippen LogP contribution in [0.4, 0.5) is 11.4 Å². The van der Waals surface area contributed by atoms with Crippen molar-refractivity contribution >= 4 is 28.2 Å². The summed E-state index contributed by atoms with van der Waals surface area (Å²) in [6.45, 7) is 0.102. The maximum absolute atomic E-state index is 12.2. The van der Waals surface area contributed by atoms with Crippen molar-refractivity contribution in [3.63, 3.8) is 0 Å². The highest BCUT2D eigenvalue weighted by atomic mass is 16.5. The van der Waals surface area contributed by atoms with Crippen molar-refractivity contribution in [1.29, 1.82) is 0 Å². The molecular weight excluding hydrogens is 280 g/mol. The van der Waals surface area contributed by atoms with Crippen molar-refractivity contribution in [2.75, 3.05) is 18.2 Å². The van der Waals surface area contributed by atoms with Gasteiger partial charge in [0.15, 0.2) is 0 Å². The Bertz CT molecular complexity index is 826. The Kier molecular flexibility index (Phi) is 3.65. The minimum Gasteiger partial charge on any atom is -0.495 e. The summed E-state index contributed by atoms with van der Waals surface area (Å²) in [5, 5.41) is 8.00. The lowest BCUT2D eigenvalue weighted by Crippen LogP contribution is -2.19. The van der Waals surface area contributed by atoms with Gasteiger partial charge in [0.2, 0.25) is 5.91 Å². The highest BCUT2D eigenvalue weighted by Gasteiger charge is 2.10. The van der Waals surface area contributed by atoms with Crippen LogP contribution in [0.25, 0.3) is 10.9 Å². The Morgan fingerprint density at radius 3 is 2.95 bits per heavy atom. The zero-order valence-corrected chi connectivity index (χ0v) is 12.1. The molecule has 0 bridgehead atoms. The van der Waals surface area contributed by atoms with Gasteiger partial charge in [0.05, 0.1) is 24.5 Å². The lowest BCUT2D eigenvalue weighted by molar-refractivity contribution is -0.116. The third-order valence-corrected chi connectivity index (χ3v) is 3.34. The lowest BCUT2D eigenvalue weighted by atomic mass is 10.2. The topological polar surface area (TPSA) is 82.2 Å². The van der Waals surface area contributed by atoms with E-state index >= 15 is 0 Å². The minimum absolute atomic E-state index is 0.102. The van der Waals surface area contributed by atoms with Crippen LogP contribution >= 0.6 is 0 Å². The molecule has 112 valence electrons. The second-order valence-corrected chi connectivity index (χ2v) is 4.87. The Balaban J connectivity index is 1.80. The number of rotatable bonds is 4. The first-order chi connectivity index (χ1) is 10.7. The molecule has 3 N–H and O–H groups in total. The van der Waals surface area contributed by atoms with Gasteiger partial charge in [0.1, 0.15) is 12.3 Å². The first-order valence-corrected chi connectivity index (χ1v) is 6.81. The first kappa shape index (κ1) is 13.9. The molecule has 0 radical (unpaired) electrons. The molecule has 22 heavy (non-hydrogen) atoms. The van der Waals surface area contributed by atoms with Gasteiger partial charge >= 0.3 is 0 Å². The number of nitrogens with zero attached hydrogens (tertiary/aromatic N) is 2. The van der Waals surface area contributed by atoms with Crippen molar-refractivity contribution in [2.24, 2.45) is 0 Å². The molecule has 1 aromatic heterocycles. The molecule has 0 aliphatic carbocycles. The SMILES string of the molecule is COc1ccccc1NC(=O)Cn1ncc2ccc(N)cc21. The van der Waals surface area contributed by atoms with Crippen LogP contribution in [0.5, 0.6) is 5.75 Å². The van der Waals surface area contributed by atoms with E-state index in [1.165, 1.54) is 0 Å².